The minimum atomic E-state index is -0.739. The number of benzene rings is 4. The summed E-state index contributed by atoms with van der Waals surface area (Å²) in [6, 6.07) is 22.8. The van der Waals surface area contributed by atoms with Crippen molar-refractivity contribution < 1.29 is 76.1 Å². The minimum absolute atomic E-state index is 0.0309. The maximum Gasteiger partial charge on any atom is 0.343 e. The van der Waals surface area contributed by atoms with Crippen LogP contribution in [0, 0.1) is 10.8 Å². The maximum absolute atomic E-state index is 13.4. The summed E-state index contributed by atoms with van der Waals surface area (Å²) in [6.07, 6.45) is 12.7. The first-order valence-corrected chi connectivity index (χ1v) is 24.7. The smallest absolute Gasteiger partial charge is 0.343 e. The van der Waals surface area contributed by atoms with Gasteiger partial charge >= 0.3 is 35.8 Å². The molecule has 0 saturated carbocycles. The molecule has 0 aliphatic rings. The first kappa shape index (κ1) is 58.9. The summed E-state index contributed by atoms with van der Waals surface area (Å²) in [5.41, 5.74) is 0.496. The van der Waals surface area contributed by atoms with Crippen molar-refractivity contribution in [1.29, 1.82) is 0 Å². The lowest BCUT2D eigenvalue weighted by atomic mass is 9.76. The molecule has 2 unspecified atom stereocenters. The van der Waals surface area contributed by atoms with Crippen molar-refractivity contribution in [3.8, 4) is 34.5 Å². The Morgan fingerprint density at radius 3 is 1.38 bits per heavy atom. The monoisotopic (exact) mass is 1020 g/mol. The first-order valence-electron chi connectivity index (χ1n) is 24.7. The largest absolute Gasteiger partial charge is 0.494 e. The lowest BCUT2D eigenvalue weighted by molar-refractivity contribution is -0.157. The van der Waals surface area contributed by atoms with E-state index < -0.39 is 34.7 Å². The van der Waals surface area contributed by atoms with Gasteiger partial charge in [-0.25, -0.2) is 19.2 Å². The van der Waals surface area contributed by atoms with E-state index in [-0.39, 0.29) is 42.2 Å². The van der Waals surface area contributed by atoms with Crippen LogP contribution in [0.2, 0.25) is 0 Å². The maximum atomic E-state index is 13.4. The predicted molar refractivity (Wildman–Crippen MR) is 278 cm³/mol. The second kappa shape index (κ2) is 30.4. The Hall–Kier alpha value is -7.62. The molecule has 0 heterocycles. The highest BCUT2D eigenvalue weighted by molar-refractivity contribution is 5.92. The van der Waals surface area contributed by atoms with Gasteiger partial charge in [-0.1, -0.05) is 38.8 Å². The summed E-state index contributed by atoms with van der Waals surface area (Å²) < 4.78 is 54.2. The summed E-state index contributed by atoms with van der Waals surface area (Å²) in [4.78, 5) is 75.3. The van der Waals surface area contributed by atoms with E-state index in [0.717, 1.165) is 32.1 Å². The van der Waals surface area contributed by atoms with Gasteiger partial charge in [0, 0.05) is 12.2 Å². The van der Waals surface area contributed by atoms with Gasteiger partial charge in [-0.05, 0) is 161 Å². The summed E-state index contributed by atoms with van der Waals surface area (Å²) in [7, 11) is 5.48. The van der Waals surface area contributed by atoms with Crippen LogP contribution in [0.4, 0.5) is 0 Å². The van der Waals surface area contributed by atoms with Crippen LogP contribution in [0.1, 0.15) is 124 Å². The van der Waals surface area contributed by atoms with Crippen LogP contribution in [0.3, 0.4) is 0 Å². The van der Waals surface area contributed by atoms with Gasteiger partial charge < -0.3 is 47.4 Å². The Labute approximate surface area is 434 Å². The molecule has 0 fully saturated rings. The van der Waals surface area contributed by atoms with Gasteiger partial charge in [-0.2, -0.15) is 0 Å². The Kier molecular flexibility index (Phi) is 24.2. The third kappa shape index (κ3) is 18.8. The van der Waals surface area contributed by atoms with Crippen LogP contribution in [0.5, 0.6) is 34.5 Å². The fourth-order valence-electron chi connectivity index (χ4n) is 7.63. The zero-order chi connectivity index (χ0) is 53.9. The highest BCUT2D eigenvalue weighted by Crippen LogP contribution is 2.37. The molecule has 4 rings (SSSR count). The first-order chi connectivity index (χ1) is 35.6. The second-order valence-electron chi connectivity index (χ2n) is 17.8. The van der Waals surface area contributed by atoms with Crippen molar-refractivity contribution in [1.82, 2.24) is 0 Å². The van der Waals surface area contributed by atoms with Gasteiger partial charge in [0.15, 0.2) is 23.0 Å². The molecule has 0 N–H and O–H groups in total. The zero-order valence-corrected chi connectivity index (χ0v) is 43.8. The van der Waals surface area contributed by atoms with Crippen LogP contribution in [0.25, 0.3) is 12.2 Å². The van der Waals surface area contributed by atoms with Crippen molar-refractivity contribution >= 4 is 48.0 Å². The van der Waals surface area contributed by atoms with Crippen LogP contribution in [-0.4, -0.2) is 90.7 Å². The van der Waals surface area contributed by atoms with E-state index in [1.165, 1.54) is 40.6 Å². The molecule has 398 valence electrons. The molecule has 4 aromatic rings. The molecule has 16 nitrogen and oxygen atoms in total. The molecule has 0 amide bonds. The lowest BCUT2D eigenvalue weighted by Gasteiger charge is -2.30. The van der Waals surface area contributed by atoms with Crippen molar-refractivity contribution in [3.05, 3.63) is 119 Å². The molecule has 2 atom stereocenters. The highest BCUT2D eigenvalue weighted by atomic mass is 16.6. The van der Waals surface area contributed by atoms with Crippen LogP contribution < -0.4 is 28.4 Å². The minimum Gasteiger partial charge on any atom is -0.494 e. The van der Waals surface area contributed by atoms with Gasteiger partial charge in [0.05, 0.1) is 63.6 Å². The Bertz CT molecular complexity index is 2530. The molecule has 16 heteroatoms. The van der Waals surface area contributed by atoms with Gasteiger partial charge in [0.2, 0.25) is 0 Å². The lowest BCUT2D eigenvalue weighted by Crippen LogP contribution is -2.33. The number of carbonyl (C=O) groups excluding carboxylic acids is 6. The van der Waals surface area contributed by atoms with Crippen LogP contribution in [0.15, 0.2) is 97.1 Å². The number of unbranched alkanes of at least 4 members (excludes halogenated alkanes) is 3. The van der Waals surface area contributed by atoms with E-state index in [2.05, 4.69) is 9.47 Å². The van der Waals surface area contributed by atoms with E-state index in [4.69, 9.17) is 37.9 Å². The van der Waals surface area contributed by atoms with E-state index >= 15 is 0 Å². The standard InChI is InChI=1S/C58H70O16/c1-9-32-58(4,56(64)72-38-37-70-46-26-22-44(23-27-46)54(62)74-48-29-17-42(40-50(48)66-6)19-31-52(60)68-8)34-15-33-57(3,10-2)55(63)71-36-14-12-11-13-35-69-45-24-20-43(21-25-45)53(61)73-47-28-16-41(39-49(47)65-5)18-30-51(59)67-7/h16-31,39-40H,9-15,32-38H2,1-8H3. The molecule has 0 aliphatic heterocycles. The molecule has 74 heavy (non-hydrogen) atoms. The van der Waals surface area contributed by atoms with Crippen molar-refractivity contribution in [2.45, 2.75) is 91.9 Å². The average Bonchev–Trinajstić information content (AvgIpc) is 3.41. The number of methoxy groups -OCH3 is 4. The van der Waals surface area contributed by atoms with Crippen LogP contribution in [-0.2, 0) is 38.1 Å². The molecule has 0 bridgehead atoms. The number of esters is 6. The fourth-order valence-corrected chi connectivity index (χ4v) is 7.63. The number of hydrogen-bond donors (Lipinski definition) is 0. The Morgan fingerprint density at radius 1 is 0.473 bits per heavy atom. The summed E-state index contributed by atoms with van der Waals surface area (Å²) in [5, 5.41) is 0. The van der Waals surface area contributed by atoms with Gasteiger partial charge in [-0.15, -0.1) is 0 Å². The van der Waals surface area contributed by atoms with E-state index in [1.54, 1.807) is 97.1 Å². The fraction of sp³-hybridized carbons (Fsp3) is 0.414. The Balaban J connectivity index is 1.11. The molecular weight excluding hydrogens is 953 g/mol. The topological polar surface area (TPSA) is 195 Å². The molecule has 4 aromatic carbocycles. The van der Waals surface area contributed by atoms with Gasteiger partial charge in [-0.3, -0.25) is 9.59 Å². The number of carbonyl (C=O) groups is 6. The molecule has 0 saturated heterocycles. The SMILES string of the molecule is CCCC(C)(CCCC(C)(CC)C(=O)OCCCCCCOc1ccc(C(=O)Oc2ccc(C=CC(=O)OC)cc2OC)cc1)C(=O)OCCOc1ccc(C(=O)Oc2ccc(C=CC(=O)OC)cc2OC)cc1. The summed E-state index contributed by atoms with van der Waals surface area (Å²) >= 11 is 0. The van der Waals surface area contributed by atoms with Gasteiger partial charge in [0.1, 0.15) is 24.7 Å². The zero-order valence-electron chi connectivity index (χ0n) is 43.8. The third-order valence-corrected chi connectivity index (χ3v) is 12.3. The number of hydrogen-bond acceptors (Lipinski definition) is 16. The molecule has 0 aliphatic carbocycles. The van der Waals surface area contributed by atoms with E-state index in [1.807, 2.05) is 27.7 Å². The third-order valence-electron chi connectivity index (χ3n) is 12.3. The van der Waals surface area contributed by atoms with Crippen molar-refractivity contribution in [2.75, 3.05) is 54.9 Å². The molecule has 0 spiro atoms. The van der Waals surface area contributed by atoms with E-state index in [0.29, 0.717) is 85.0 Å². The number of rotatable bonds is 31. The van der Waals surface area contributed by atoms with Crippen LogP contribution >= 0.6 is 0 Å². The van der Waals surface area contributed by atoms with Crippen molar-refractivity contribution in [3.63, 3.8) is 0 Å². The summed E-state index contributed by atoms with van der Waals surface area (Å²) in [5.74, 6) is -0.568. The van der Waals surface area contributed by atoms with E-state index in [9.17, 15) is 28.8 Å². The van der Waals surface area contributed by atoms with Crippen molar-refractivity contribution in [2.24, 2.45) is 10.8 Å². The second-order valence-corrected chi connectivity index (χ2v) is 17.8. The normalized spacial score (nSPS) is 12.7. The predicted octanol–water partition coefficient (Wildman–Crippen LogP) is 11.0. The Morgan fingerprint density at radius 2 is 0.919 bits per heavy atom. The number of ether oxygens (including phenoxy) is 10. The summed E-state index contributed by atoms with van der Waals surface area (Å²) in [6.45, 7) is 8.75. The molecule has 0 radical (unpaired) electrons. The molecular formula is C58H70O16. The highest BCUT2D eigenvalue weighted by Gasteiger charge is 2.37. The quantitative estimate of drug-likeness (QED) is 0.0152. The molecule has 0 aromatic heterocycles. The average molecular weight is 1020 g/mol. The van der Waals surface area contributed by atoms with Gasteiger partial charge in [0.25, 0.3) is 0 Å².